The van der Waals surface area contributed by atoms with Crippen LogP contribution in [0.15, 0.2) is 18.2 Å². The standard InChI is InChI=1S/C15H18ClFN2O/c1-9(16)15-18-14-12(17)4-3-5-13(14)19(15)10(2)11-6-7-20-8-11/h3-5,9-11H,6-8H2,1-2H3. The molecule has 0 amide bonds. The van der Waals surface area contributed by atoms with E-state index in [0.29, 0.717) is 11.4 Å². The summed E-state index contributed by atoms with van der Waals surface area (Å²) in [6.45, 7) is 5.54. The Kier molecular flexibility index (Phi) is 3.69. The second kappa shape index (κ2) is 5.34. The minimum atomic E-state index is -0.297. The number of rotatable bonds is 3. The van der Waals surface area contributed by atoms with Crippen LogP contribution < -0.4 is 0 Å². The van der Waals surface area contributed by atoms with Crippen LogP contribution in [-0.4, -0.2) is 22.8 Å². The van der Waals surface area contributed by atoms with Gasteiger partial charge in [-0.1, -0.05) is 6.07 Å². The molecule has 1 fully saturated rings. The van der Waals surface area contributed by atoms with Crippen LogP contribution in [-0.2, 0) is 4.74 Å². The molecule has 0 bridgehead atoms. The van der Waals surface area contributed by atoms with Gasteiger partial charge in [-0.05, 0) is 32.4 Å². The zero-order valence-corrected chi connectivity index (χ0v) is 12.4. The zero-order valence-electron chi connectivity index (χ0n) is 11.6. The van der Waals surface area contributed by atoms with Gasteiger partial charge < -0.3 is 9.30 Å². The summed E-state index contributed by atoms with van der Waals surface area (Å²) in [5, 5.41) is -0.258. The molecular formula is C15H18ClFN2O. The maximum absolute atomic E-state index is 13.9. The minimum Gasteiger partial charge on any atom is -0.381 e. The fourth-order valence-electron chi connectivity index (χ4n) is 2.95. The first-order valence-electron chi connectivity index (χ1n) is 6.97. The lowest BCUT2D eigenvalue weighted by Crippen LogP contribution is -2.19. The van der Waals surface area contributed by atoms with Crippen molar-refractivity contribution in [3.63, 3.8) is 0 Å². The number of para-hydroxylation sites is 1. The number of nitrogens with zero attached hydrogens (tertiary/aromatic N) is 2. The summed E-state index contributed by atoms with van der Waals surface area (Å²) >= 11 is 6.25. The van der Waals surface area contributed by atoms with E-state index in [1.807, 2.05) is 13.0 Å². The molecule has 1 aliphatic heterocycles. The Balaban J connectivity index is 2.15. The van der Waals surface area contributed by atoms with Gasteiger partial charge in [0.2, 0.25) is 0 Å². The molecule has 1 saturated heterocycles. The van der Waals surface area contributed by atoms with Crippen molar-refractivity contribution < 1.29 is 9.13 Å². The van der Waals surface area contributed by atoms with Gasteiger partial charge in [0.15, 0.2) is 5.82 Å². The summed E-state index contributed by atoms with van der Waals surface area (Å²) in [5.41, 5.74) is 1.22. The van der Waals surface area contributed by atoms with Crippen molar-refractivity contribution >= 4 is 22.6 Å². The number of fused-ring (bicyclic) bond motifs is 1. The quantitative estimate of drug-likeness (QED) is 0.798. The van der Waals surface area contributed by atoms with Gasteiger partial charge in [-0.25, -0.2) is 9.37 Å². The third-order valence-corrected chi connectivity index (χ3v) is 4.30. The molecule has 3 atom stereocenters. The number of alkyl halides is 1. The zero-order chi connectivity index (χ0) is 14.3. The molecule has 3 unspecified atom stereocenters. The maximum atomic E-state index is 13.9. The number of hydrogen-bond acceptors (Lipinski definition) is 2. The van der Waals surface area contributed by atoms with Gasteiger partial charge in [-0.3, -0.25) is 0 Å². The Morgan fingerprint density at radius 2 is 2.25 bits per heavy atom. The molecule has 0 spiro atoms. The molecule has 0 saturated carbocycles. The maximum Gasteiger partial charge on any atom is 0.151 e. The predicted molar refractivity (Wildman–Crippen MR) is 77.6 cm³/mol. The van der Waals surface area contributed by atoms with Gasteiger partial charge in [0.1, 0.15) is 11.3 Å². The highest BCUT2D eigenvalue weighted by Gasteiger charge is 2.28. The normalized spacial score (nSPS) is 22.3. The van der Waals surface area contributed by atoms with Crippen LogP contribution in [0.3, 0.4) is 0 Å². The monoisotopic (exact) mass is 296 g/mol. The van der Waals surface area contributed by atoms with E-state index in [9.17, 15) is 4.39 Å². The summed E-state index contributed by atoms with van der Waals surface area (Å²) in [6, 6.07) is 5.25. The Labute approximate surface area is 122 Å². The molecule has 5 heteroatoms. The number of hydrogen-bond donors (Lipinski definition) is 0. The van der Waals surface area contributed by atoms with Gasteiger partial charge in [0.25, 0.3) is 0 Å². The fraction of sp³-hybridized carbons (Fsp3) is 0.533. The molecule has 1 aliphatic rings. The number of benzene rings is 1. The summed E-state index contributed by atoms with van der Waals surface area (Å²) < 4.78 is 21.5. The summed E-state index contributed by atoms with van der Waals surface area (Å²) in [5.74, 6) is 0.852. The molecule has 20 heavy (non-hydrogen) atoms. The van der Waals surface area contributed by atoms with Crippen molar-refractivity contribution in [3.05, 3.63) is 29.8 Å². The van der Waals surface area contributed by atoms with Gasteiger partial charge in [0, 0.05) is 18.6 Å². The van der Waals surface area contributed by atoms with Crippen molar-refractivity contribution in [1.82, 2.24) is 9.55 Å². The van der Waals surface area contributed by atoms with Crippen molar-refractivity contribution in [2.24, 2.45) is 5.92 Å². The lowest BCUT2D eigenvalue weighted by Gasteiger charge is -2.23. The van der Waals surface area contributed by atoms with E-state index in [1.54, 1.807) is 6.07 Å². The Morgan fingerprint density at radius 3 is 2.90 bits per heavy atom. The minimum absolute atomic E-state index is 0.195. The fourth-order valence-corrected chi connectivity index (χ4v) is 3.11. The topological polar surface area (TPSA) is 27.1 Å². The van der Waals surface area contributed by atoms with E-state index in [0.717, 1.165) is 31.0 Å². The van der Waals surface area contributed by atoms with Crippen molar-refractivity contribution in [1.29, 1.82) is 0 Å². The predicted octanol–water partition coefficient (Wildman–Crippen LogP) is 4.07. The van der Waals surface area contributed by atoms with Crippen LogP contribution in [0.2, 0.25) is 0 Å². The highest BCUT2D eigenvalue weighted by Crippen LogP contribution is 2.34. The van der Waals surface area contributed by atoms with Gasteiger partial charge in [-0.15, -0.1) is 11.6 Å². The van der Waals surface area contributed by atoms with E-state index in [2.05, 4.69) is 16.5 Å². The van der Waals surface area contributed by atoms with E-state index in [4.69, 9.17) is 16.3 Å². The lowest BCUT2D eigenvalue weighted by molar-refractivity contribution is 0.175. The largest absolute Gasteiger partial charge is 0.381 e. The molecule has 1 aromatic heterocycles. The first-order chi connectivity index (χ1) is 9.59. The van der Waals surface area contributed by atoms with Gasteiger partial charge in [-0.2, -0.15) is 0 Å². The second-order valence-electron chi connectivity index (χ2n) is 5.43. The molecule has 1 aromatic carbocycles. The second-order valence-corrected chi connectivity index (χ2v) is 6.08. The number of ether oxygens (including phenoxy) is 1. The van der Waals surface area contributed by atoms with Gasteiger partial charge in [0.05, 0.1) is 17.5 Å². The highest BCUT2D eigenvalue weighted by molar-refractivity contribution is 6.20. The molecule has 0 N–H and O–H groups in total. The lowest BCUT2D eigenvalue weighted by atomic mass is 10.00. The van der Waals surface area contributed by atoms with Crippen LogP contribution in [0.1, 0.15) is 37.5 Å². The third kappa shape index (κ3) is 2.21. The van der Waals surface area contributed by atoms with Crippen molar-refractivity contribution in [2.75, 3.05) is 13.2 Å². The Morgan fingerprint density at radius 1 is 1.45 bits per heavy atom. The average Bonchev–Trinajstić information content (AvgIpc) is 3.06. The first kappa shape index (κ1) is 13.8. The summed E-state index contributed by atoms with van der Waals surface area (Å²) in [7, 11) is 0. The van der Waals surface area contributed by atoms with Crippen LogP contribution in [0.25, 0.3) is 11.0 Å². The number of aromatic nitrogens is 2. The molecule has 2 aromatic rings. The van der Waals surface area contributed by atoms with Crippen molar-refractivity contribution in [2.45, 2.75) is 31.7 Å². The van der Waals surface area contributed by atoms with Gasteiger partial charge >= 0.3 is 0 Å². The molecule has 2 heterocycles. The van der Waals surface area contributed by atoms with Crippen LogP contribution in [0, 0.1) is 11.7 Å². The third-order valence-electron chi connectivity index (χ3n) is 4.11. The highest BCUT2D eigenvalue weighted by atomic mass is 35.5. The molecule has 0 aliphatic carbocycles. The Hall–Kier alpha value is -1.13. The van der Waals surface area contributed by atoms with Crippen LogP contribution >= 0.6 is 11.6 Å². The van der Waals surface area contributed by atoms with Crippen molar-refractivity contribution in [3.8, 4) is 0 Å². The Bertz CT molecular complexity index is 620. The smallest absolute Gasteiger partial charge is 0.151 e. The first-order valence-corrected chi connectivity index (χ1v) is 7.41. The SMILES string of the molecule is CC(Cl)c1nc2c(F)cccc2n1C(C)C1CCOC1. The number of halogens is 2. The summed E-state index contributed by atoms with van der Waals surface area (Å²) in [6.07, 6.45) is 1.02. The van der Waals surface area contributed by atoms with Crippen LogP contribution in [0.4, 0.5) is 4.39 Å². The van der Waals surface area contributed by atoms with E-state index in [-0.39, 0.29) is 17.2 Å². The van der Waals surface area contributed by atoms with E-state index >= 15 is 0 Å². The average molecular weight is 297 g/mol. The van der Waals surface area contributed by atoms with E-state index < -0.39 is 0 Å². The van der Waals surface area contributed by atoms with E-state index in [1.165, 1.54) is 6.07 Å². The van der Waals surface area contributed by atoms with Crippen LogP contribution in [0.5, 0.6) is 0 Å². The molecule has 3 nitrogen and oxygen atoms in total. The molecule has 3 rings (SSSR count). The molecule has 0 radical (unpaired) electrons. The molecular weight excluding hydrogens is 279 g/mol. The molecule has 108 valence electrons. The summed E-state index contributed by atoms with van der Waals surface area (Å²) in [4.78, 5) is 4.42. The number of imidazole rings is 1.